The Bertz CT molecular complexity index is 613. The van der Waals surface area contributed by atoms with Gasteiger partial charge in [-0.1, -0.05) is 35.9 Å². The van der Waals surface area contributed by atoms with E-state index in [0.29, 0.717) is 0 Å². The fourth-order valence-electron chi connectivity index (χ4n) is 4.09. The molecule has 1 aromatic carbocycles. The third-order valence-corrected chi connectivity index (χ3v) is 5.43. The highest BCUT2D eigenvalue weighted by Crippen LogP contribution is 2.61. The van der Waals surface area contributed by atoms with Gasteiger partial charge in [0.25, 0.3) is 0 Å². The Hall–Kier alpha value is -1.32. The summed E-state index contributed by atoms with van der Waals surface area (Å²) < 4.78 is 0. The highest BCUT2D eigenvalue weighted by molar-refractivity contribution is 5.85. The van der Waals surface area contributed by atoms with Gasteiger partial charge in [-0.15, -0.1) is 12.4 Å². The van der Waals surface area contributed by atoms with Crippen LogP contribution in [0.3, 0.4) is 0 Å². The summed E-state index contributed by atoms with van der Waals surface area (Å²) in [6.07, 6.45) is 6.58. The summed E-state index contributed by atoms with van der Waals surface area (Å²) in [5, 5.41) is 6.46. The molecule has 0 bridgehead atoms. The van der Waals surface area contributed by atoms with Crippen LogP contribution in [0.15, 0.2) is 35.9 Å². The molecule has 1 fully saturated rings. The molecule has 1 aliphatic heterocycles. The Labute approximate surface area is 138 Å². The number of nitrogens with one attached hydrogen (secondary N) is 2. The number of fused-ring (bicyclic) bond motifs is 2. The molecule has 2 N–H and O–H groups in total. The van der Waals surface area contributed by atoms with Gasteiger partial charge in [0.15, 0.2) is 0 Å². The fourth-order valence-corrected chi connectivity index (χ4v) is 4.09. The van der Waals surface area contributed by atoms with Crippen LogP contribution in [0, 0.1) is 5.92 Å². The quantitative estimate of drug-likeness (QED) is 0.840. The SMILES string of the molecule is Cl.O=C(NCC1=CCNCC1)C1CC12CCc1ccccc12. The van der Waals surface area contributed by atoms with Crippen molar-refractivity contribution < 1.29 is 4.79 Å². The van der Waals surface area contributed by atoms with Gasteiger partial charge < -0.3 is 10.6 Å². The maximum Gasteiger partial charge on any atom is 0.224 e. The fraction of sp³-hybridized carbons (Fsp3) is 0.500. The van der Waals surface area contributed by atoms with Gasteiger partial charge in [0.05, 0.1) is 0 Å². The van der Waals surface area contributed by atoms with Crippen molar-refractivity contribution in [3.05, 3.63) is 47.0 Å². The van der Waals surface area contributed by atoms with Crippen LogP contribution in [0.4, 0.5) is 0 Å². The maximum atomic E-state index is 12.5. The molecule has 2 aliphatic carbocycles. The van der Waals surface area contributed by atoms with Crippen LogP contribution in [-0.2, 0) is 16.6 Å². The number of benzene rings is 1. The first-order chi connectivity index (χ1) is 10.3. The molecule has 2 unspecified atom stereocenters. The monoisotopic (exact) mass is 318 g/mol. The first kappa shape index (κ1) is 15.6. The van der Waals surface area contributed by atoms with Crippen molar-refractivity contribution >= 4 is 18.3 Å². The topological polar surface area (TPSA) is 41.1 Å². The normalized spacial score (nSPS) is 28.5. The molecule has 22 heavy (non-hydrogen) atoms. The van der Waals surface area contributed by atoms with Gasteiger partial charge >= 0.3 is 0 Å². The van der Waals surface area contributed by atoms with Gasteiger partial charge in [0.1, 0.15) is 0 Å². The molecule has 0 aromatic heterocycles. The number of hydrogen-bond donors (Lipinski definition) is 2. The molecule has 1 heterocycles. The first-order valence-electron chi connectivity index (χ1n) is 8.04. The number of hydrogen-bond acceptors (Lipinski definition) is 2. The third-order valence-electron chi connectivity index (χ3n) is 5.43. The average Bonchev–Trinajstić information content (AvgIpc) is 3.16. The molecule has 3 nitrogen and oxygen atoms in total. The first-order valence-corrected chi connectivity index (χ1v) is 8.04. The summed E-state index contributed by atoms with van der Waals surface area (Å²) in [7, 11) is 0. The molecule has 0 saturated heterocycles. The molecule has 1 aromatic rings. The van der Waals surface area contributed by atoms with Crippen LogP contribution in [-0.4, -0.2) is 25.5 Å². The van der Waals surface area contributed by atoms with Crippen LogP contribution in [0.25, 0.3) is 0 Å². The van der Waals surface area contributed by atoms with E-state index in [4.69, 9.17) is 0 Å². The minimum absolute atomic E-state index is 0. The molecule has 2 atom stereocenters. The third kappa shape index (κ3) is 2.57. The average molecular weight is 319 g/mol. The smallest absolute Gasteiger partial charge is 0.224 e. The molecule has 118 valence electrons. The molecule has 1 saturated carbocycles. The van der Waals surface area contributed by atoms with Crippen molar-refractivity contribution in [3.8, 4) is 0 Å². The molecule has 4 heteroatoms. The molecular weight excluding hydrogens is 296 g/mol. The van der Waals surface area contributed by atoms with Gasteiger partial charge in [0, 0.05) is 24.4 Å². The van der Waals surface area contributed by atoms with E-state index in [1.807, 2.05) is 0 Å². The van der Waals surface area contributed by atoms with Crippen LogP contribution in [0.2, 0.25) is 0 Å². The van der Waals surface area contributed by atoms with E-state index < -0.39 is 0 Å². The number of aryl methyl sites for hydroxylation is 1. The lowest BCUT2D eigenvalue weighted by molar-refractivity contribution is -0.122. The summed E-state index contributed by atoms with van der Waals surface area (Å²) in [6, 6.07) is 8.67. The van der Waals surface area contributed by atoms with E-state index in [1.54, 1.807) is 0 Å². The maximum absolute atomic E-state index is 12.5. The minimum Gasteiger partial charge on any atom is -0.352 e. The summed E-state index contributed by atoms with van der Waals surface area (Å²) in [6.45, 7) is 2.70. The zero-order valence-electron chi connectivity index (χ0n) is 12.7. The van der Waals surface area contributed by atoms with E-state index in [2.05, 4.69) is 41.0 Å². The second-order valence-corrected chi connectivity index (χ2v) is 6.60. The predicted octanol–water partition coefficient (Wildman–Crippen LogP) is 2.35. The minimum atomic E-state index is 0. The van der Waals surface area contributed by atoms with Gasteiger partial charge in [0.2, 0.25) is 5.91 Å². The Morgan fingerprint density at radius 1 is 1.32 bits per heavy atom. The lowest BCUT2D eigenvalue weighted by Gasteiger charge is -2.15. The van der Waals surface area contributed by atoms with E-state index in [9.17, 15) is 4.79 Å². The van der Waals surface area contributed by atoms with Crippen molar-refractivity contribution in [2.75, 3.05) is 19.6 Å². The summed E-state index contributed by atoms with van der Waals surface area (Å²) in [5.41, 5.74) is 4.42. The largest absolute Gasteiger partial charge is 0.352 e. The van der Waals surface area contributed by atoms with Crippen molar-refractivity contribution in [1.29, 1.82) is 0 Å². The molecule has 1 spiro atoms. The summed E-state index contributed by atoms with van der Waals surface area (Å²) in [4.78, 5) is 12.5. The van der Waals surface area contributed by atoms with Gasteiger partial charge in [-0.3, -0.25) is 4.79 Å². The second-order valence-electron chi connectivity index (χ2n) is 6.60. The number of carbonyl (C=O) groups is 1. The molecule has 0 radical (unpaired) electrons. The lowest BCUT2D eigenvalue weighted by atomic mass is 9.95. The number of carbonyl (C=O) groups excluding carboxylic acids is 1. The van der Waals surface area contributed by atoms with Crippen LogP contribution in [0.5, 0.6) is 0 Å². The number of amides is 1. The highest BCUT2D eigenvalue weighted by Gasteiger charge is 2.61. The second kappa shape index (κ2) is 6.05. The standard InChI is InChI=1S/C18H22N2O.ClH/c21-17(20-12-13-6-9-19-10-7-13)16-11-18(16)8-5-14-3-1-2-4-15(14)18;/h1-4,6,16,19H,5,7-12H2,(H,20,21);1H. The van der Waals surface area contributed by atoms with Crippen LogP contribution < -0.4 is 10.6 Å². The Balaban J connectivity index is 0.00000144. The van der Waals surface area contributed by atoms with E-state index in [1.165, 1.54) is 16.7 Å². The highest BCUT2D eigenvalue weighted by atomic mass is 35.5. The molecular formula is C18H23ClN2O. The van der Waals surface area contributed by atoms with Crippen molar-refractivity contribution in [2.24, 2.45) is 5.92 Å². The zero-order chi connectivity index (χ0) is 14.3. The molecule has 1 amide bonds. The number of rotatable bonds is 3. The van der Waals surface area contributed by atoms with E-state index in [0.717, 1.165) is 45.3 Å². The van der Waals surface area contributed by atoms with Crippen molar-refractivity contribution in [2.45, 2.75) is 31.1 Å². The predicted molar refractivity (Wildman–Crippen MR) is 90.4 cm³/mol. The molecule has 4 rings (SSSR count). The van der Waals surface area contributed by atoms with Gasteiger partial charge in [-0.2, -0.15) is 0 Å². The van der Waals surface area contributed by atoms with Gasteiger partial charge in [-0.05, 0) is 43.4 Å². The summed E-state index contributed by atoms with van der Waals surface area (Å²) >= 11 is 0. The Morgan fingerprint density at radius 2 is 2.18 bits per heavy atom. The van der Waals surface area contributed by atoms with E-state index >= 15 is 0 Å². The van der Waals surface area contributed by atoms with Crippen LogP contribution >= 0.6 is 12.4 Å². The molecule has 3 aliphatic rings. The summed E-state index contributed by atoms with van der Waals surface area (Å²) in [5.74, 6) is 0.453. The Morgan fingerprint density at radius 3 is 3.00 bits per heavy atom. The van der Waals surface area contributed by atoms with E-state index in [-0.39, 0.29) is 29.6 Å². The number of halogens is 1. The van der Waals surface area contributed by atoms with Gasteiger partial charge in [-0.25, -0.2) is 0 Å². The van der Waals surface area contributed by atoms with Crippen molar-refractivity contribution in [1.82, 2.24) is 10.6 Å². The van der Waals surface area contributed by atoms with Crippen molar-refractivity contribution in [3.63, 3.8) is 0 Å². The lowest BCUT2D eigenvalue weighted by Crippen LogP contribution is -2.32. The zero-order valence-corrected chi connectivity index (χ0v) is 13.5. The Kier molecular flexibility index (Phi) is 4.28. The van der Waals surface area contributed by atoms with Crippen LogP contribution in [0.1, 0.15) is 30.4 Å².